The number of nitrogens with zero attached hydrogens (tertiary/aromatic N) is 1. The van der Waals surface area contributed by atoms with E-state index in [2.05, 4.69) is 10.2 Å². The van der Waals surface area contributed by atoms with Gasteiger partial charge >= 0.3 is 0 Å². The summed E-state index contributed by atoms with van der Waals surface area (Å²) in [6.45, 7) is 5.03. The fourth-order valence-corrected chi connectivity index (χ4v) is 4.43. The third-order valence-corrected chi connectivity index (χ3v) is 5.96. The number of nitrogens with one attached hydrogen (secondary N) is 1. The Kier molecular flexibility index (Phi) is 6.32. The summed E-state index contributed by atoms with van der Waals surface area (Å²) in [4.78, 5) is 2.09. The molecular formula is C23H27F3N2O2. The van der Waals surface area contributed by atoms with E-state index in [-0.39, 0.29) is 11.7 Å². The minimum atomic E-state index is -1.15. The van der Waals surface area contributed by atoms with Crippen molar-refractivity contribution in [1.29, 1.82) is 0 Å². The molecule has 1 aliphatic carbocycles. The van der Waals surface area contributed by atoms with Gasteiger partial charge in [-0.15, -0.1) is 0 Å². The van der Waals surface area contributed by atoms with Crippen molar-refractivity contribution in [2.45, 2.75) is 32.0 Å². The zero-order valence-electron chi connectivity index (χ0n) is 17.0. The molecular weight excluding hydrogens is 393 g/mol. The summed E-state index contributed by atoms with van der Waals surface area (Å²) in [5.74, 6) is -1.02. The van der Waals surface area contributed by atoms with Gasteiger partial charge in [0.05, 0.1) is 6.10 Å². The second-order valence-electron chi connectivity index (χ2n) is 8.40. The molecule has 0 amide bonds. The number of benzene rings is 2. The fraction of sp³-hybridized carbons (Fsp3) is 0.478. The van der Waals surface area contributed by atoms with Crippen LogP contribution in [-0.4, -0.2) is 48.4 Å². The van der Waals surface area contributed by atoms with E-state index in [1.807, 2.05) is 24.3 Å². The Morgan fingerprint density at radius 2 is 1.73 bits per heavy atom. The molecule has 0 radical (unpaired) electrons. The van der Waals surface area contributed by atoms with Gasteiger partial charge in [0, 0.05) is 43.9 Å². The maximum absolute atomic E-state index is 13.8. The number of aliphatic hydroxyl groups excluding tert-OH is 1. The summed E-state index contributed by atoms with van der Waals surface area (Å²) < 4.78 is 46.0. The average Bonchev–Trinajstić information content (AvgIpc) is 3.14. The molecule has 0 aromatic heterocycles. The predicted octanol–water partition coefficient (Wildman–Crippen LogP) is 3.13. The van der Waals surface area contributed by atoms with Crippen molar-refractivity contribution >= 4 is 0 Å². The van der Waals surface area contributed by atoms with Crippen molar-refractivity contribution in [3.8, 4) is 5.75 Å². The van der Waals surface area contributed by atoms with Crippen LogP contribution in [0.2, 0.25) is 0 Å². The van der Waals surface area contributed by atoms with Crippen LogP contribution in [0.15, 0.2) is 36.4 Å². The molecule has 0 spiro atoms. The van der Waals surface area contributed by atoms with Crippen molar-refractivity contribution < 1.29 is 23.0 Å². The smallest absolute Gasteiger partial charge is 0.161 e. The van der Waals surface area contributed by atoms with Crippen molar-refractivity contribution in [3.05, 3.63) is 65.0 Å². The van der Waals surface area contributed by atoms with E-state index in [1.165, 1.54) is 0 Å². The van der Waals surface area contributed by atoms with Gasteiger partial charge in [0.15, 0.2) is 11.6 Å². The van der Waals surface area contributed by atoms with E-state index in [0.717, 1.165) is 37.0 Å². The predicted molar refractivity (Wildman–Crippen MR) is 108 cm³/mol. The topological polar surface area (TPSA) is 44.7 Å². The fourth-order valence-electron chi connectivity index (χ4n) is 4.43. The molecule has 4 nitrogen and oxygen atoms in total. The van der Waals surface area contributed by atoms with Gasteiger partial charge in [-0.05, 0) is 48.9 Å². The van der Waals surface area contributed by atoms with E-state index in [1.54, 1.807) is 6.92 Å². The number of hydrogen-bond donors (Lipinski definition) is 2. The van der Waals surface area contributed by atoms with Crippen molar-refractivity contribution in [2.75, 3.05) is 26.2 Å². The summed E-state index contributed by atoms with van der Waals surface area (Å²) in [5, 5.41) is 12.9. The second-order valence-corrected chi connectivity index (χ2v) is 8.40. The Morgan fingerprint density at radius 1 is 1.07 bits per heavy atom. The largest absolute Gasteiger partial charge is 0.492 e. The molecule has 2 N–H and O–H groups in total. The summed E-state index contributed by atoms with van der Waals surface area (Å²) in [7, 11) is 0. The quantitative estimate of drug-likeness (QED) is 0.483. The summed E-state index contributed by atoms with van der Waals surface area (Å²) in [6.07, 6.45) is 0.275. The number of halogens is 3. The third-order valence-electron chi connectivity index (χ3n) is 5.96. The molecule has 30 heavy (non-hydrogen) atoms. The van der Waals surface area contributed by atoms with Crippen molar-refractivity contribution in [2.24, 2.45) is 11.8 Å². The van der Waals surface area contributed by atoms with E-state index in [4.69, 9.17) is 4.74 Å². The Labute approximate surface area is 174 Å². The van der Waals surface area contributed by atoms with E-state index < -0.39 is 17.5 Å². The highest BCUT2D eigenvalue weighted by Crippen LogP contribution is 2.45. The average molecular weight is 420 g/mol. The summed E-state index contributed by atoms with van der Waals surface area (Å²) in [6, 6.07) is 9.77. The van der Waals surface area contributed by atoms with Gasteiger partial charge in [0.2, 0.25) is 0 Å². The second kappa shape index (κ2) is 8.96. The SMILES string of the molecule is C[C@H](O)Cc1ccc(OCCNC2C3CN(Cc4cc(F)c(F)cc4F)C[C@@H]32)cc1. The molecule has 1 saturated carbocycles. The number of rotatable bonds is 9. The lowest BCUT2D eigenvalue weighted by Gasteiger charge is -2.20. The molecule has 4 rings (SSSR count). The molecule has 1 saturated heterocycles. The van der Waals surface area contributed by atoms with Gasteiger partial charge in [0.25, 0.3) is 0 Å². The van der Waals surface area contributed by atoms with Crippen molar-refractivity contribution in [1.82, 2.24) is 10.2 Å². The first kappa shape index (κ1) is 21.2. The first-order valence-electron chi connectivity index (χ1n) is 10.4. The molecule has 2 unspecified atom stereocenters. The lowest BCUT2D eigenvalue weighted by molar-refractivity contribution is 0.195. The van der Waals surface area contributed by atoms with Crippen LogP contribution in [0.1, 0.15) is 18.1 Å². The van der Waals surface area contributed by atoms with Gasteiger partial charge < -0.3 is 15.2 Å². The zero-order chi connectivity index (χ0) is 21.3. The van der Waals surface area contributed by atoms with Crippen LogP contribution in [0, 0.1) is 29.3 Å². The van der Waals surface area contributed by atoms with Gasteiger partial charge in [-0.1, -0.05) is 12.1 Å². The van der Waals surface area contributed by atoms with Crippen LogP contribution in [-0.2, 0) is 13.0 Å². The normalized spacial score (nSPS) is 24.0. The number of ether oxygens (including phenoxy) is 1. The summed E-state index contributed by atoms with van der Waals surface area (Å²) >= 11 is 0. The van der Waals surface area contributed by atoms with Crippen LogP contribution >= 0.6 is 0 Å². The molecule has 7 heteroatoms. The van der Waals surface area contributed by atoms with Crippen LogP contribution in [0.3, 0.4) is 0 Å². The first-order valence-corrected chi connectivity index (χ1v) is 10.4. The zero-order valence-corrected chi connectivity index (χ0v) is 17.0. The lowest BCUT2D eigenvalue weighted by atomic mass is 10.1. The number of likely N-dealkylation sites (tertiary alicyclic amines) is 1. The Balaban J connectivity index is 1.15. The van der Waals surface area contributed by atoms with Crippen LogP contribution in [0.5, 0.6) is 5.75 Å². The van der Waals surface area contributed by atoms with Gasteiger partial charge in [-0.2, -0.15) is 0 Å². The number of aliphatic hydroxyl groups is 1. The molecule has 1 heterocycles. The highest BCUT2D eigenvalue weighted by atomic mass is 19.2. The van der Waals surface area contributed by atoms with Crippen LogP contribution in [0.25, 0.3) is 0 Å². The number of piperidine rings is 1. The highest BCUT2D eigenvalue weighted by Gasteiger charge is 2.55. The molecule has 1 aliphatic heterocycles. The minimum Gasteiger partial charge on any atom is -0.492 e. The first-order chi connectivity index (χ1) is 14.4. The van der Waals surface area contributed by atoms with Gasteiger partial charge in [-0.25, -0.2) is 13.2 Å². The highest BCUT2D eigenvalue weighted by molar-refractivity contribution is 5.27. The monoisotopic (exact) mass is 420 g/mol. The minimum absolute atomic E-state index is 0.201. The maximum Gasteiger partial charge on any atom is 0.161 e. The molecule has 2 aromatic rings. The Hall–Kier alpha value is -2.09. The third kappa shape index (κ3) is 4.96. The number of hydrogen-bond acceptors (Lipinski definition) is 4. The van der Waals surface area contributed by atoms with E-state index >= 15 is 0 Å². The molecule has 2 aromatic carbocycles. The van der Waals surface area contributed by atoms with Gasteiger partial charge in [-0.3, -0.25) is 4.90 Å². The Bertz CT molecular complexity index is 863. The van der Waals surface area contributed by atoms with Crippen LogP contribution < -0.4 is 10.1 Å². The standard InChI is InChI=1S/C23H27F3N2O2/c1-14(29)8-15-2-4-17(5-3-15)30-7-6-27-23-18-12-28(13-19(18)23)11-16-9-21(25)22(26)10-20(16)24/h2-5,9-10,14,18-19,23,27,29H,6-8,11-13H2,1H3/t14-,18-,19?,23?/m0/s1. The van der Waals surface area contributed by atoms with Crippen LogP contribution in [0.4, 0.5) is 13.2 Å². The van der Waals surface area contributed by atoms with E-state index in [9.17, 15) is 18.3 Å². The van der Waals surface area contributed by atoms with E-state index in [0.29, 0.717) is 43.5 Å². The number of fused-ring (bicyclic) bond motifs is 1. The summed E-state index contributed by atoms with van der Waals surface area (Å²) in [5.41, 5.74) is 1.28. The lowest BCUT2D eigenvalue weighted by Crippen LogP contribution is -2.33. The Morgan fingerprint density at radius 3 is 2.40 bits per heavy atom. The molecule has 0 bridgehead atoms. The van der Waals surface area contributed by atoms with Crippen molar-refractivity contribution in [3.63, 3.8) is 0 Å². The maximum atomic E-state index is 13.8. The molecule has 2 aliphatic rings. The molecule has 4 atom stereocenters. The molecule has 162 valence electrons. The molecule has 2 fully saturated rings. The van der Waals surface area contributed by atoms with Gasteiger partial charge in [0.1, 0.15) is 18.2 Å².